The van der Waals surface area contributed by atoms with Crippen molar-refractivity contribution in [3.8, 4) is 0 Å². The number of nitrogens with one attached hydrogen (secondary N) is 2. The number of halogens is 2. The average molecular weight is 370 g/mol. The minimum absolute atomic E-state index is 0.00922. The van der Waals surface area contributed by atoms with Crippen LogP contribution >= 0.6 is 22.9 Å². The van der Waals surface area contributed by atoms with E-state index in [1.54, 1.807) is 5.51 Å². The van der Waals surface area contributed by atoms with E-state index < -0.39 is 11.7 Å². The molecule has 3 N–H and O–H groups in total. The molecule has 0 aliphatic rings. The molecule has 1 aromatic carbocycles. The Morgan fingerprint density at radius 3 is 3.00 bits per heavy atom. The molecular formula is C12H9ClFN7O2S. The Balaban J connectivity index is 1.77. The second-order valence-electron chi connectivity index (χ2n) is 4.42. The average Bonchev–Trinajstić information content (AvgIpc) is 3.25. The van der Waals surface area contributed by atoms with Crippen molar-refractivity contribution in [1.82, 2.24) is 20.5 Å². The van der Waals surface area contributed by atoms with Crippen molar-refractivity contribution < 1.29 is 14.2 Å². The predicted octanol–water partition coefficient (Wildman–Crippen LogP) is 2.55. The Bertz CT molecular complexity index is 857. The molecule has 0 radical (unpaired) electrons. The molecule has 0 spiro atoms. The van der Waals surface area contributed by atoms with Crippen molar-refractivity contribution in [2.45, 2.75) is 6.54 Å². The number of aromatic nitrogens is 4. The lowest BCUT2D eigenvalue weighted by Crippen LogP contribution is -2.28. The zero-order chi connectivity index (χ0) is 17.1. The van der Waals surface area contributed by atoms with Crippen LogP contribution in [-0.4, -0.2) is 31.6 Å². The standard InChI is InChI=1S/C12H9ClFN7O2S/c13-7-3-6(1-2-8(7)14)21(22)11(15)10-9(19-23-20-10)4-16-12-18-17-5-24-12/h1-3,5,15,22H,4H2,(H,16,18). The molecule has 124 valence electrons. The van der Waals surface area contributed by atoms with Gasteiger partial charge in [0.2, 0.25) is 5.13 Å². The van der Waals surface area contributed by atoms with Crippen LogP contribution in [0.25, 0.3) is 0 Å². The highest BCUT2D eigenvalue weighted by Crippen LogP contribution is 2.23. The molecule has 2 heterocycles. The van der Waals surface area contributed by atoms with E-state index in [9.17, 15) is 9.60 Å². The molecule has 0 unspecified atom stereocenters. The van der Waals surface area contributed by atoms with Crippen LogP contribution in [0.2, 0.25) is 5.02 Å². The number of rotatable bonds is 5. The first-order valence-electron chi connectivity index (χ1n) is 6.40. The molecule has 0 bridgehead atoms. The smallest absolute Gasteiger partial charge is 0.205 e. The fraction of sp³-hybridized carbons (Fsp3) is 0.0833. The van der Waals surface area contributed by atoms with Crippen molar-refractivity contribution in [1.29, 1.82) is 5.41 Å². The highest BCUT2D eigenvalue weighted by atomic mass is 35.5. The molecule has 9 nitrogen and oxygen atoms in total. The molecule has 24 heavy (non-hydrogen) atoms. The normalized spacial score (nSPS) is 10.6. The molecule has 0 aliphatic heterocycles. The lowest BCUT2D eigenvalue weighted by molar-refractivity contribution is 0.298. The van der Waals surface area contributed by atoms with Crippen LogP contribution in [0.4, 0.5) is 15.2 Å². The van der Waals surface area contributed by atoms with Gasteiger partial charge in [-0.15, -0.1) is 10.2 Å². The molecule has 0 saturated carbocycles. The highest BCUT2D eigenvalue weighted by molar-refractivity contribution is 7.13. The SMILES string of the molecule is N=C(c1nonc1CNc1nncs1)N(O)c1ccc(F)c(Cl)c1. The van der Waals surface area contributed by atoms with Crippen LogP contribution in [-0.2, 0) is 6.54 Å². The van der Waals surface area contributed by atoms with E-state index in [1.807, 2.05) is 0 Å². The number of anilines is 2. The topological polar surface area (TPSA) is 124 Å². The lowest BCUT2D eigenvalue weighted by Gasteiger charge is -2.16. The van der Waals surface area contributed by atoms with Gasteiger partial charge in [0.25, 0.3) is 0 Å². The summed E-state index contributed by atoms with van der Waals surface area (Å²) in [5.41, 5.74) is 1.94. The summed E-state index contributed by atoms with van der Waals surface area (Å²) in [5.74, 6) is -1.04. The Morgan fingerprint density at radius 1 is 1.46 bits per heavy atom. The van der Waals surface area contributed by atoms with Gasteiger partial charge >= 0.3 is 0 Å². The van der Waals surface area contributed by atoms with Gasteiger partial charge in [-0.3, -0.25) is 10.6 Å². The molecule has 12 heteroatoms. The number of amidine groups is 1. The van der Waals surface area contributed by atoms with Crippen LogP contribution in [0.5, 0.6) is 0 Å². The van der Waals surface area contributed by atoms with Gasteiger partial charge in [0, 0.05) is 0 Å². The van der Waals surface area contributed by atoms with Crippen LogP contribution in [0.3, 0.4) is 0 Å². The molecule has 0 atom stereocenters. The maximum Gasteiger partial charge on any atom is 0.205 e. The van der Waals surface area contributed by atoms with Gasteiger partial charge in [-0.05, 0) is 23.4 Å². The van der Waals surface area contributed by atoms with Gasteiger partial charge < -0.3 is 5.32 Å². The highest BCUT2D eigenvalue weighted by Gasteiger charge is 2.21. The summed E-state index contributed by atoms with van der Waals surface area (Å²) in [7, 11) is 0. The van der Waals surface area contributed by atoms with E-state index in [0.717, 1.165) is 6.07 Å². The fourth-order valence-corrected chi connectivity index (χ4v) is 2.38. The minimum atomic E-state index is -0.634. The van der Waals surface area contributed by atoms with Crippen LogP contribution in [0, 0.1) is 11.2 Å². The molecule has 0 fully saturated rings. The summed E-state index contributed by atoms with van der Waals surface area (Å²) in [6.07, 6.45) is 0. The molecule has 0 amide bonds. The van der Waals surface area contributed by atoms with Crippen LogP contribution in [0.15, 0.2) is 28.3 Å². The van der Waals surface area contributed by atoms with Crippen molar-refractivity contribution in [2.24, 2.45) is 0 Å². The van der Waals surface area contributed by atoms with E-state index in [-0.39, 0.29) is 28.6 Å². The zero-order valence-electron chi connectivity index (χ0n) is 11.8. The largest absolute Gasteiger partial charge is 0.354 e. The Labute approximate surface area is 143 Å². The third-order valence-corrected chi connectivity index (χ3v) is 3.85. The molecule has 3 rings (SSSR count). The molecule has 0 aliphatic carbocycles. The summed E-state index contributed by atoms with van der Waals surface area (Å²) >= 11 is 6.96. The fourth-order valence-electron chi connectivity index (χ4n) is 1.76. The van der Waals surface area contributed by atoms with E-state index in [0.29, 0.717) is 10.2 Å². The van der Waals surface area contributed by atoms with Gasteiger partial charge in [-0.2, -0.15) is 0 Å². The number of benzene rings is 1. The molecular weight excluding hydrogens is 361 g/mol. The first kappa shape index (κ1) is 16.2. The lowest BCUT2D eigenvalue weighted by atomic mass is 10.2. The third-order valence-electron chi connectivity index (χ3n) is 2.91. The number of hydrogen-bond acceptors (Lipinski definition) is 9. The quantitative estimate of drug-likeness (QED) is 0.356. The summed E-state index contributed by atoms with van der Waals surface area (Å²) in [5, 5.41) is 36.7. The van der Waals surface area contributed by atoms with Gasteiger partial charge in [0.05, 0.1) is 17.3 Å². The van der Waals surface area contributed by atoms with Crippen molar-refractivity contribution in [3.05, 3.63) is 45.9 Å². The molecule has 2 aromatic heterocycles. The number of hydroxylamine groups is 1. The minimum Gasteiger partial charge on any atom is -0.354 e. The predicted molar refractivity (Wildman–Crippen MR) is 84.0 cm³/mol. The van der Waals surface area contributed by atoms with Gasteiger partial charge in [0.1, 0.15) is 17.0 Å². The maximum absolute atomic E-state index is 13.2. The van der Waals surface area contributed by atoms with Gasteiger partial charge in [-0.1, -0.05) is 28.1 Å². The van der Waals surface area contributed by atoms with Gasteiger partial charge in [0.15, 0.2) is 11.5 Å². The summed E-state index contributed by atoms with van der Waals surface area (Å²) in [6.45, 7) is 0.161. The Morgan fingerprint density at radius 2 is 2.29 bits per heavy atom. The van der Waals surface area contributed by atoms with E-state index >= 15 is 0 Å². The Kier molecular flexibility index (Phi) is 4.64. The van der Waals surface area contributed by atoms with Crippen LogP contribution < -0.4 is 10.4 Å². The first-order chi connectivity index (χ1) is 11.6. The summed E-state index contributed by atoms with van der Waals surface area (Å²) in [6, 6.07) is 3.52. The second-order valence-corrected chi connectivity index (χ2v) is 5.66. The third kappa shape index (κ3) is 3.32. The maximum atomic E-state index is 13.2. The van der Waals surface area contributed by atoms with E-state index in [2.05, 4.69) is 30.5 Å². The van der Waals surface area contributed by atoms with Crippen molar-refractivity contribution in [2.75, 3.05) is 10.4 Å². The summed E-state index contributed by atoms with van der Waals surface area (Å²) in [4.78, 5) is 0. The number of nitrogens with zero attached hydrogens (tertiary/aromatic N) is 5. The Hall–Kier alpha value is -2.63. The first-order valence-corrected chi connectivity index (χ1v) is 7.66. The van der Waals surface area contributed by atoms with Crippen LogP contribution in [0.1, 0.15) is 11.4 Å². The molecule has 0 saturated heterocycles. The van der Waals surface area contributed by atoms with Gasteiger partial charge in [-0.25, -0.2) is 14.1 Å². The zero-order valence-corrected chi connectivity index (χ0v) is 13.3. The number of hydrogen-bond donors (Lipinski definition) is 3. The molecule has 3 aromatic rings. The summed E-state index contributed by atoms with van der Waals surface area (Å²) < 4.78 is 17.8. The second kappa shape index (κ2) is 6.86. The van der Waals surface area contributed by atoms with E-state index in [4.69, 9.17) is 17.0 Å². The van der Waals surface area contributed by atoms with Crippen molar-refractivity contribution >= 4 is 39.6 Å². The van der Waals surface area contributed by atoms with Crippen molar-refractivity contribution in [3.63, 3.8) is 0 Å². The van der Waals surface area contributed by atoms with E-state index in [1.165, 1.54) is 23.5 Å². The monoisotopic (exact) mass is 369 g/mol.